The third-order valence-electron chi connectivity index (χ3n) is 5.27. The lowest BCUT2D eigenvalue weighted by atomic mass is 9.85. The molecule has 29 heavy (non-hydrogen) atoms. The van der Waals surface area contributed by atoms with Gasteiger partial charge in [0.2, 0.25) is 10.0 Å². The number of benzene rings is 2. The van der Waals surface area contributed by atoms with Gasteiger partial charge in [0.15, 0.2) is 0 Å². The molecule has 2 aromatic carbocycles. The van der Waals surface area contributed by atoms with Crippen molar-refractivity contribution in [2.45, 2.75) is 31.8 Å². The monoisotopic (exact) mass is 418 g/mol. The SMILES string of the molecule is Cc1ccc(CC2(O)CCN(CCOc3ccc(NS(C)(=O)=O)cc3)CC2)cc1. The molecule has 1 heterocycles. The molecule has 0 aliphatic carbocycles. The molecule has 0 amide bonds. The van der Waals surface area contributed by atoms with Crippen molar-refractivity contribution in [3.05, 3.63) is 59.7 Å². The lowest BCUT2D eigenvalue weighted by Crippen LogP contribution is -2.46. The number of nitrogens with one attached hydrogen (secondary N) is 1. The van der Waals surface area contributed by atoms with Crippen LogP contribution in [0.15, 0.2) is 48.5 Å². The Morgan fingerprint density at radius 1 is 1.07 bits per heavy atom. The van der Waals surface area contributed by atoms with Gasteiger partial charge in [-0.2, -0.15) is 0 Å². The topological polar surface area (TPSA) is 78.9 Å². The number of sulfonamides is 1. The first kappa shape index (κ1) is 21.6. The average molecular weight is 419 g/mol. The summed E-state index contributed by atoms with van der Waals surface area (Å²) in [5.41, 5.74) is 2.30. The minimum Gasteiger partial charge on any atom is -0.492 e. The minimum absolute atomic E-state index is 0.517. The molecule has 3 rings (SSSR count). The van der Waals surface area contributed by atoms with Crippen LogP contribution in [-0.2, 0) is 16.4 Å². The summed E-state index contributed by atoms with van der Waals surface area (Å²) in [6.45, 7) is 5.12. The van der Waals surface area contributed by atoms with Gasteiger partial charge in [-0.15, -0.1) is 0 Å². The van der Waals surface area contributed by atoms with E-state index in [4.69, 9.17) is 4.74 Å². The number of aryl methyl sites for hydroxylation is 1. The van der Waals surface area contributed by atoms with Crippen LogP contribution in [0.25, 0.3) is 0 Å². The molecule has 158 valence electrons. The fourth-order valence-electron chi connectivity index (χ4n) is 3.58. The second-order valence-corrected chi connectivity index (χ2v) is 9.72. The number of hydrogen-bond donors (Lipinski definition) is 2. The molecule has 1 saturated heterocycles. The molecular weight excluding hydrogens is 388 g/mol. The molecule has 2 N–H and O–H groups in total. The lowest BCUT2D eigenvalue weighted by Gasteiger charge is -2.38. The standard InChI is InChI=1S/C22H30N2O4S/c1-18-3-5-19(6-4-18)17-22(25)11-13-24(14-12-22)15-16-28-21-9-7-20(8-10-21)23-29(2,26)27/h3-10,23,25H,11-17H2,1-2H3. The highest BCUT2D eigenvalue weighted by molar-refractivity contribution is 7.92. The van der Waals surface area contributed by atoms with Crippen molar-refractivity contribution in [2.75, 3.05) is 37.2 Å². The van der Waals surface area contributed by atoms with Crippen LogP contribution in [0, 0.1) is 6.92 Å². The van der Waals surface area contributed by atoms with Crippen molar-refractivity contribution < 1.29 is 18.3 Å². The van der Waals surface area contributed by atoms with E-state index < -0.39 is 15.6 Å². The third-order valence-corrected chi connectivity index (χ3v) is 5.88. The van der Waals surface area contributed by atoms with Gasteiger partial charge in [0, 0.05) is 31.7 Å². The number of hydrogen-bond acceptors (Lipinski definition) is 5. The summed E-state index contributed by atoms with van der Waals surface area (Å²) in [7, 11) is -3.27. The number of rotatable bonds is 8. The highest BCUT2D eigenvalue weighted by atomic mass is 32.2. The molecular formula is C22H30N2O4S. The van der Waals surface area contributed by atoms with Crippen LogP contribution in [0.2, 0.25) is 0 Å². The summed E-state index contributed by atoms with van der Waals surface area (Å²) in [5.74, 6) is 0.705. The van der Waals surface area contributed by atoms with Gasteiger partial charge < -0.3 is 9.84 Å². The molecule has 0 radical (unpaired) electrons. The third kappa shape index (κ3) is 7.03. The van der Waals surface area contributed by atoms with E-state index in [1.807, 2.05) is 0 Å². The van der Waals surface area contributed by atoms with Crippen LogP contribution in [-0.4, -0.2) is 56.5 Å². The highest BCUT2D eigenvalue weighted by Gasteiger charge is 2.32. The van der Waals surface area contributed by atoms with Gasteiger partial charge in [0.05, 0.1) is 11.9 Å². The Balaban J connectivity index is 1.40. The summed E-state index contributed by atoms with van der Waals surface area (Å²) >= 11 is 0. The first-order chi connectivity index (χ1) is 13.7. The van der Waals surface area contributed by atoms with Gasteiger partial charge in [0.1, 0.15) is 12.4 Å². The van der Waals surface area contributed by atoms with E-state index in [1.165, 1.54) is 11.1 Å². The molecule has 0 bridgehead atoms. The van der Waals surface area contributed by atoms with Gasteiger partial charge in [0.25, 0.3) is 0 Å². The molecule has 0 aromatic heterocycles. The smallest absolute Gasteiger partial charge is 0.229 e. The summed E-state index contributed by atoms with van der Waals surface area (Å²) in [6, 6.07) is 15.3. The molecule has 0 unspecified atom stereocenters. The fourth-order valence-corrected chi connectivity index (χ4v) is 4.15. The molecule has 7 heteroatoms. The quantitative estimate of drug-likeness (QED) is 0.689. The van der Waals surface area contributed by atoms with Crippen LogP contribution in [0.1, 0.15) is 24.0 Å². The van der Waals surface area contributed by atoms with Crippen LogP contribution in [0.3, 0.4) is 0 Å². The molecule has 0 atom stereocenters. The maximum absolute atomic E-state index is 11.2. The zero-order valence-electron chi connectivity index (χ0n) is 17.1. The minimum atomic E-state index is -3.27. The zero-order valence-corrected chi connectivity index (χ0v) is 17.9. The zero-order chi connectivity index (χ0) is 20.9. The second-order valence-electron chi connectivity index (χ2n) is 7.98. The molecule has 1 aliphatic rings. The molecule has 0 saturated carbocycles. The Morgan fingerprint density at radius 2 is 1.69 bits per heavy atom. The van der Waals surface area contributed by atoms with E-state index in [1.54, 1.807) is 24.3 Å². The van der Waals surface area contributed by atoms with E-state index in [0.717, 1.165) is 38.7 Å². The van der Waals surface area contributed by atoms with E-state index in [2.05, 4.69) is 40.8 Å². The first-order valence-corrected chi connectivity index (χ1v) is 11.8. The van der Waals surface area contributed by atoms with Crippen molar-refractivity contribution in [1.82, 2.24) is 4.90 Å². The van der Waals surface area contributed by atoms with Crippen molar-refractivity contribution in [3.8, 4) is 5.75 Å². The van der Waals surface area contributed by atoms with Gasteiger partial charge in [-0.3, -0.25) is 9.62 Å². The Bertz CT molecular complexity index is 887. The van der Waals surface area contributed by atoms with Crippen molar-refractivity contribution >= 4 is 15.7 Å². The van der Waals surface area contributed by atoms with E-state index in [0.29, 0.717) is 24.5 Å². The molecule has 0 spiro atoms. The number of nitrogens with zero attached hydrogens (tertiary/aromatic N) is 1. The van der Waals surface area contributed by atoms with Crippen LogP contribution in [0.4, 0.5) is 5.69 Å². The number of ether oxygens (including phenoxy) is 1. The summed E-state index contributed by atoms with van der Waals surface area (Å²) in [5, 5.41) is 10.9. The Labute approximate surface area is 173 Å². The largest absolute Gasteiger partial charge is 0.492 e. The van der Waals surface area contributed by atoms with Crippen molar-refractivity contribution in [3.63, 3.8) is 0 Å². The molecule has 1 aliphatic heterocycles. The summed E-state index contributed by atoms with van der Waals surface area (Å²) < 4.78 is 30.7. The van der Waals surface area contributed by atoms with Crippen LogP contribution >= 0.6 is 0 Å². The Kier molecular flexibility index (Phi) is 6.82. The molecule has 1 fully saturated rings. The fraction of sp³-hybridized carbons (Fsp3) is 0.455. The van der Waals surface area contributed by atoms with E-state index in [-0.39, 0.29) is 0 Å². The van der Waals surface area contributed by atoms with Gasteiger partial charge in [-0.1, -0.05) is 29.8 Å². The number of anilines is 1. The van der Waals surface area contributed by atoms with Crippen LogP contribution < -0.4 is 9.46 Å². The Hall–Kier alpha value is -2.09. The molecule has 6 nitrogen and oxygen atoms in total. The van der Waals surface area contributed by atoms with Crippen molar-refractivity contribution in [2.24, 2.45) is 0 Å². The number of likely N-dealkylation sites (tertiary alicyclic amines) is 1. The van der Waals surface area contributed by atoms with Gasteiger partial charge in [-0.05, 0) is 49.6 Å². The maximum atomic E-state index is 11.2. The average Bonchev–Trinajstić information content (AvgIpc) is 2.66. The maximum Gasteiger partial charge on any atom is 0.229 e. The van der Waals surface area contributed by atoms with Crippen molar-refractivity contribution in [1.29, 1.82) is 0 Å². The number of aliphatic hydroxyl groups is 1. The van der Waals surface area contributed by atoms with E-state index >= 15 is 0 Å². The molecule has 2 aromatic rings. The first-order valence-electron chi connectivity index (χ1n) is 9.92. The Morgan fingerprint density at radius 3 is 2.28 bits per heavy atom. The van der Waals surface area contributed by atoms with Gasteiger partial charge >= 0.3 is 0 Å². The lowest BCUT2D eigenvalue weighted by molar-refractivity contribution is -0.0226. The van der Waals surface area contributed by atoms with Crippen LogP contribution in [0.5, 0.6) is 5.75 Å². The predicted octanol–water partition coefficient (Wildman–Crippen LogP) is 2.81. The number of piperidine rings is 1. The van der Waals surface area contributed by atoms with Gasteiger partial charge in [-0.25, -0.2) is 8.42 Å². The van der Waals surface area contributed by atoms with E-state index in [9.17, 15) is 13.5 Å². The summed E-state index contributed by atoms with van der Waals surface area (Å²) in [6.07, 6.45) is 3.34. The normalized spacial score (nSPS) is 17.1. The second kappa shape index (κ2) is 9.15. The predicted molar refractivity (Wildman–Crippen MR) is 116 cm³/mol. The summed E-state index contributed by atoms with van der Waals surface area (Å²) in [4.78, 5) is 2.31. The highest BCUT2D eigenvalue weighted by Crippen LogP contribution is 2.26.